The van der Waals surface area contributed by atoms with Gasteiger partial charge in [0.2, 0.25) is 0 Å². The van der Waals surface area contributed by atoms with Crippen molar-refractivity contribution in [1.29, 1.82) is 0 Å². The molecule has 0 aliphatic heterocycles. The van der Waals surface area contributed by atoms with Crippen LogP contribution in [0, 0.1) is 0 Å². The van der Waals surface area contributed by atoms with E-state index in [9.17, 15) is 0 Å². The Morgan fingerprint density at radius 1 is 0.379 bits per heavy atom. The Kier molecular flexibility index (Phi) is 23.9. The second-order valence-corrected chi connectivity index (χ2v) is 11.9. The molecule has 0 amide bonds. The molecule has 0 aromatic rings. The highest BCUT2D eigenvalue weighted by atomic mass is 28.4. The lowest BCUT2D eigenvalue weighted by atomic mass is 10.6. The number of hydrogen-bond donors (Lipinski definition) is 0. The Bertz CT molecular complexity index is 275. The van der Waals surface area contributed by atoms with Crippen molar-refractivity contribution >= 4 is 9.05 Å². The van der Waals surface area contributed by atoms with E-state index in [2.05, 4.69) is 112 Å². The summed E-state index contributed by atoms with van der Waals surface area (Å²) >= 11 is 0. The minimum atomic E-state index is -5.61. The predicted octanol–water partition coefficient (Wildman–Crippen LogP) is -2.29. The van der Waals surface area contributed by atoms with Crippen LogP contribution in [0.1, 0.15) is 27.7 Å². The summed E-state index contributed by atoms with van der Waals surface area (Å²) in [6, 6.07) is 0. The molecule has 0 heterocycles. The molecule has 0 aliphatic rings. The maximum atomic E-state index is 8.58. The maximum Gasteiger partial charge on any atom is 0.0751 e. The van der Waals surface area contributed by atoms with E-state index < -0.39 is 9.05 Å². The largest absolute Gasteiger partial charge is 0.894 e. The fraction of sp³-hybridized carbons (Fsp3) is 1.00. The zero-order valence-corrected chi connectivity index (χ0v) is 23.8. The van der Waals surface area contributed by atoms with Crippen molar-refractivity contribution in [3.05, 3.63) is 0 Å². The third kappa shape index (κ3) is 132. The lowest BCUT2D eigenvalue weighted by molar-refractivity contribution is -0.868. The van der Waals surface area contributed by atoms with E-state index in [1.54, 1.807) is 0 Å². The predicted molar refractivity (Wildman–Crippen MR) is 120 cm³/mol. The van der Waals surface area contributed by atoms with E-state index in [1.165, 1.54) is 26.2 Å². The topological polar surface area (TPSA) is 92.2 Å². The van der Waals surface area contributed by atoms with E-state index in [-0.39, 0.29) is 0 Å². The van der Waals surface area contributed by atoms with Crippen molar-refractivity contribution in [3.63, 3.8) is 0 Å². The van der Waals surface area contributed by atoms with Gasteiger partial charge >= 0.3 is 0 Å². The van der Waals surface area contributed by atoms with Gasteiger partial charge in [-0.15, -0.1) is 0 Å². The number of rotatable bonds is 4. The zero-order chi connectivity index (χ0) is 25.3. The first kappa shape index (κ1) is 39.4. The minimum Gasteiger partial charge on any atom is -0.894 e. The quantitative estimate of drug-likeness (QED) is 0.360. The van der Waals surface area contributed by atoms with Gasteiger partial charge in [-0.25, -0.2) is 0 Å². The standard InChI is InChI=1S/4C5H14N.O4Si/c4*1-5-6(2,3)4;1-5(2,3)4/h4*5H2,1-4H3;/q4*+1;-4. The van der Waals surface area contributed by atoms with Crippen LogP contribution >= 0.6 is 0 Å². The van der Waals surface area contributed by atoms with E-state index in [0.29, 0.717) is 0 Å². The van der Waals surface area contributed by atoms with Crippen LogP contribution in [0.15, 0.2) is 0 Å². The average molecular weight is 445 g/mol. The Balaban J connectivity index is -0.0000000829. The van der Waals surface area contributed by atoms with Gasteiger partial charge in [-0.05, 0) is 27.7 Å². The first-order chi connectivity index (χ1) is 12.2. The number of hydrogen-bond acceptors (Lipinski definition) is 4. The van der Waals surface area contributed by atoms with Gasteiger partial charge in [0.1, 0.15) is 0 Å². The van der Waals surface area contributed by atoms with Crippen LogP contribution in [0.5, 0.6) is 0 Å². The molecule has 8 nitrogen and oxygen atoms in total. The van der Waals surface area contributed by atoms with Gasteiger partial charge < -0.3 is 46.2 Å². The fourth-order valence-corrected chi connectivity index (χ4v) is 0. The fourth-order valence-electron chi connectivity index (χ4n) is 0. The first-order valence-electron chi connectivity index (χ1n) is 10.3. The molecule has 0 fully saturated rings. The second kappa shape index (κ2) is 17.6. The van der Waals surface area contributed by atoms with E-state index in [0.717, 1.165) is 17.9 Å². The molecule has 0 aromatic heterocycles. The van der Waals surface area contributed by atoms with E-state index in [1.807, 2.05) is 0 Å². The van der Waals surface area contributed by atoms with Crippen LogP contribution in [0.25, 0.3) is 0 Å². The number of nitrogens with zero attached hydrogens (tertiary/aromatic N) is 4. The van der Waals surface area contributed by atoms with Crippen molar-refractivity contribution in [2.24, 2.45) is 0 Å². The molecule has 0 rings (SSSR count). The van der Waals surface area contributed by atoms with Crippen molar-refractivity contribution in [1.82, 2.24) is 0 Å². The van der Waals surface area contributed by atoms with Crippen molar-refractivity contribution < 1.29 is 37.1 Å². The number of quaternary nitrogens is 4. The molecular weight excluding hydrogens is 388 g/mol. The van der Waals surface area contributed by atoms with Crippen LogP contribution in [0.3, 0.4) is 0 Å². The zero-order valence-electron chi connectivity index (χ0n) is 22.8. The molecule has 9 heteroatoms. The Morgan fingerprint density at radius 3 is 0.414 bits per heavy atom. The second-order valence-electron chi connectivity index (χ2n) is 10.9. The van der Waals surface area contributed by atoms with E-state index in [4.69, 9.17) is 19.2 Å². The Labute approximate surface area is 185 Å². The highest BCUT2D eigenvalue weighted by molar-refractivity contribution is 6.38. The molecule has 0 aromatic carbocycles. The Hall–Kier alpha value is -0.103. The van der Waals surface area contributed by atoms with Gasteiger partial charge in [-0.2, -0.15) is 0 Å². The normalized spacial score (nSPS) is 12.0. The van der Waals surface area contributed by atoms with Gasteiger partial charge in [0.25, 0.3) is 0 Å². The maximum absolute atomic E-state index is 8.58. The summed E-state index contributed by atoms with van der Waals surface area (Å²) in [6.07, 6.45) is 0. The van der Waals surface area contributed by atoms with Gasteiger partial charge in [0.15, 0.2) is 0 Å². The lowest BCUT2D eigenvalue weighted by Gasteiger charge is -2.67. The summed E-state index contributed by atoms with van der Waals surface area (Å²) in [6.45, 7) is 13.6. The molecule has 184 valence electrons. The van der Waals surface area contributed by atoms with Crippen LogP contribution in [0.4, 0.5) is 0 Å². The van der Waals surface area contributed by atoms with Gasteiger partial charge in [-0.3, -0.25) is 0 Å². The van der Waals surface area contributed by atoms with Crippen molar-refractivity contribution in [2.75, 3.05) is 111 Å². The third-order valence-electron chi connectivity index (χ3n) is 3.79. The monoisotopic (exact) mass is 444 g/mol. The molecular formula is C20H56N4O4Si. The molecule has 0 saturated heterocycles. The molecule has 0 N–H and O–H groups in total. The van der Waals surface area contributed by atoms with E-state index >= 15 is 0 Å². The summed E-state index contributed by atoms with van der Waals surface area (Å²) in [4.78, 5) is 34.3. The minimum absolute atomic E-state index is 1.07. The molecule has 0 radical (unpaired) electrons. The van der Waals surface area contributed by atoms with Gasteiger partial charge in [-0.1, -0.05) is 0 Å². The molecule has 0 unspecified atom stereocenters. The summed E-state index contributed by atoms with van der Waals surface area (Å²) < 4.78 is 4.28. The average Bonchev–Trinajstić information content (AvgIpc) is 2.44. The third-order valence-corrected chi connectivity index (χ3v) is 3.79. The molecule has 0 spiro atoms. The summed E-state index contributed by atoms with van der Waals surface area (Å²) in [5.41, 5.74) is 0. The Morgan fingerprint density at radius 2 is 0.414 bits per heavy atom. The smallest absolute Gasteiger partial charge is 0.0751 e. The van der Waals surface area contributed by atoms with Crippen LogP contribution in [-0.2, 0) is 0 Å². The molecule has 0 bridgehead atoms. The van der Waals surface area contributed by atoms with Crippen LogP contribution < -0.4 is 19.2 Å². The molecule has 0 aliphatic carbocycles. The summed E-state index contributed by atoms with van der Waals surface area (Å²) in [5.74, 6) is 0. The first-order valence-corrected chi connectivity index (χ1v) is 11.9. The molecule has 0 atom stereocenters. The summed E-state index contributed by atoms with van der Waals surface area (Å²) in [5, 5.41) is 0. The molecule has 29 heavy (non-hydrogen) atoms. The highest BCUT2D eigenvalue weighted by Gasteiger charge is 1.99. The van der Waals surface area contributed by atoms with Gasteiger partial charge in [0, 0.05) is 0 Å². The van der Waals surface area contributed by atoms with Crippen molar-refractivity contribution in [2.45, 2.75) is 27.7 Å². The lowest BCUT2D eigenvalue weighted by Crippen LogP contribution is -2.82. The van der Waals surface area contributed by atoms with Gasteiger partial charge in [0.05, 0.1) is 111 Å². The highest BCUT2D eigenvalue weighted by Crippen LogP contribution is 1.85. The van der Waals surface area contributed by atoms with Crippen molar-refractivity contribution in [3.8, 4) is 0 Å². The molecule has 0 saturated carbocycles. The SMILES string of the molecule is CC[N+](C)(C)C.CC[N+](C)(C)C.CC[N+](C)(C)C.CC[N+](C)(C)C.[O-][Si]([O-])([O-])[O-]. The van der Waals surface area contributed by atoms with Crippen LogP contribution in [-0.4, -0.2) is 138 Å². The summed E-state index contributed by atoms with van der Waals surface area (Å²) in [7, 11) is 20.6. The van der Waals surface area contributed by atoms with Crippen LogP contribution in [0.2, 0.25) is 0 Å².